The van der Waals surface area contributed by atoms with Crippen molar-refractivity contribution in [3.63, 3.8) is 0 Å². The van der Waals surface area contributed by atoms with E-state index in [2.05, 4.69) is 21.8 Å². The van der Waals surface area contributed by atoms with Crippen molar-refractivity contribution >= 4 is 11.8 Å². The number of carboxylic acids is 1. The Bertz CT molecular complexity index is 422. The van der Waals surface area contributed by atoms with Crippen LogP contribution in [0.4, 0.5) is 5.82 Å². The highest BCUT2D eigenvalue weighted by atomic mass is 16.4. The van der Waals surface area contributed by atoms with Crippen LogP contribution in [0.3, 0.4) is 0 Å². The van der Waals surface area contributed by atoms with Gasteiger partial charge in [-0.15, -0.1) is 0 Å². The highest BCUT2D eigenvalue weighted by Crippen LogP contribution is 2.22. The van der Waals surface area contributed by atoms with Gasteiger partial charge in [-0.1, -0.05) is 13.3 Å². The van der Waals surface area contributed by atoms with Crippen LogP contribution in [-0.4, -0.2) is 34.1 Å². The van der Waals surface area contributed by atoms with E-state index >= 15 is 0 Å². The first-order valence-electron chi connectivity index (χ1n) is 6.49. The van der Waals surface area contributed by atoms with E-state index in [1.807, 2.05) is 6.07 Å². The van der Waals surface area contributed by atoms with Crippen LogP contribution in [-0.2, 0) is 11.2 Å². The van der Waals surface area contributed by atoms with E-state index in [0.717, 1.165) is 43.7 Å². The van der Waals surface area contributed by atoms with Gasteiger partial charge in [0.05, 0.1) is 5.92 Å². The van der Waals surface area contributed by atoms with Crippen molar-refractivity contribution in [3.05, 3.63) is 18.1 Å². The lowest BCUT2D eigenvalue weighted by Gasteiger charge is -2.31. The molecule has 1 saturated heterocycles. The number of piperidine rings is 1. The Kier molecular flexibility index (Phi) is 4.12. The second-order valence-corrected chi connectivity index (χ2v) is 4.74. The minimum atomic E-state index is -0.706. The maximum Gasteiger partial charge on any atom is 0.308 e. The van der Waals surface area contributed by atoms with E-state index in [9.17, 15) is 4.79 Å². The van der Waals surface area contributed by atoms with Crippen molar-refractivity contribution in [2.75, 3.05) is 18.0 Å². The first kappa shape index (κ1) is 12.8. The molecular formula is C13H19N3O2. The van der Waals surface area contributed by atoms with Crippen LogP contribution in [0, 0.1) is 5.92 Å². The van der Waals surface area contributed by atoms with Crippen LogP contribution in [0.1, 0.15) is 31.9 Å². The van der Waals surface area contributed by atoms with E-state index in [0.29, 0.717) is 6.54 Å². The molecule has 1 aromatic rings. The van der Waals surface area contributed by atoms with E-state index < -0.39 is 5.97 Å². The maximum absolute atomic E-state index is 11.0. The van der Waals surface area contributed by atoms with Crippen molar-refractivity contribution < 1.29 is 9.90 Å². The van der Waals surface area contributed by atoms with Gasteiger partial charge in [-0.3, -0.25) is 4.79 Å². The minimum absolute atomic E-state index is 0.275. The third kappa shape index (κ3) is 2.97. The molecule has 0 aromatic carbocycles. The fourth-order valence-electron chi connectivity index (χ4n) is 2.34. The number of anilines is 1. The minimum Gasteiger partial charge on any atom is -0.481 e. The third-order valence-corrected chi connectivity index (χ3v) is 3.31. The molecule has 1 N–H and O–H groups in total. The number of aliphatic carboxylic acids is 1. The Morgan fingerprint density at radius 3 is 3.11 bits per heavy atom. The van der Waals surface area contributed by atoms with Gasteiger partial charge in [-0.2, -0.15) is 0 Å². The molecule has 1 aromatic heterocycles. The van der Waals surface area contributed by atoms with Crippen molar-refractivity contribution in [2.24, 2.45) is 5.92 Å². The van der Waals surface area contributed by atoms with Crippen molar-refractivity contribution in [1.29, 1.82) is 0 Å². The fraction of sp³-hybridized carbons (Fsp3) is 0.615. The fourth-order valence-corrected chi connectivity index (χ4v) is 2.34. The Hall–Kier alpha value is -1.65. The molecule has 0 bridgehead atoms. The standard InChI is InChI=1S/C13H19N3O2/c1-2-4-11-7-12(15-9-14-11)16-6-3-5-10(8-16)13(17)18/h7,9-10H,2-6,8H2,1H3,(H,17,18). The summed E-state index contributed by atoms with van der Waals surface area (Å²) in [6.45, 7) is 3.55. The Morgan fingerprint density at radius 1 is 1.56 bits per heavy atom. The number of carbonyl (C=O) groups is 1. The van der Waals surface area contributed by atoms with Crippen LogP contribution < -0.4 is 4.90 Å². The van der Waals surface area contributed by atoms with Crippen molar-refractivity contribution in [2.45, 2.75) is 32.6 Å². The summed E-state index contributed by atoms with van der Waals surface area (Å²) in [7, 11) is 0. The Labute approximate surface area is 107 Å². The molecule has 1 aliphatic rings. The van der Waals surface area contributed by atoms with E-state index in [-0.39, 0.29) is 5.92 Å². The van der Waals surface area contributed by atoms with Gasteiger partial charge in [-0.05, 0) is 19.3 Å². The maximum atomic E-state index is 11.0. The summed E-state index contributed by atoms with van der Waals surface area (Å²) < 4.78 is 0. The Balaban J connectivity index is 2.10. The monoisotopic (exact) mass is 249 g/mol. The molecule has 0 saturated carbocycles. The summed E-state index contributed by atoms with van der Waals surface area (Å²) in [6.07, 6.45) is 5.23. The molecular weight excluding hydrogens is 230 g/mol. The van der Waals surface area contributed by atoms with Gasteiger partial charge in [-0.25, -0.2) is 9.97 Å². The number of aromatic nitrogens is 2. The molecule has 1 unspecified atom stereocenters. The Morgan fingerprint density at radius 2 is 2.39 bits per heavy atom. The second kappa shape index (κ2) is 5.80. The van der Waals surface area contributed by atoms with Gasteiger partial charge in [0, 0.05) is 24.8 Å². The molecule has 1 atom stereocenters. The first-order valence-corrected chi connectivity index (χ1v) is 6.49. The summed E-state index contributed by atoms with van der Waals surface area (Å²) in [5.41, 5.74) is 1.03. The van der Waals surface area contributed by atoms with E-state index in [4.69, 9.17) is 5.11 Å². The number of hydrogen-bond donors (Lipinski definition) is 1. The number of nitrogens with zero attached hydrogens (tertiary/aromatic N) is 3. The number of aryl methyl sites for hydroxylation is 1. The summed E-state index contributed by atoms with van der Waals surface area (Å²) >= 11 is 0. The van der Waals surface area contributed by atoms with Gasteiger partial charge in [0.2, 0.25) is 0 Å². The molecule has 2 heterocycles. The summed E-state index contributed by atoms with van der Waals surface area (Å²) in [4.78, 5) is 21.6. The molecule has 18 heavy (non-hydrogen) atoms. The van der Waals surface area contributed by atoms with Gasteiger partial charge < -0.3 is 10.0 Å². The van der Waals surface area contributed by atoms with Crippen molar-refractivity contribution in [1.82, 2.24) is 9.97 Å². The number of rotatable bonds is 4. The lowest BCUT2D eigenvalue weighted by molar-refractivity contribution is -0.141. The first-order chi connectivity index (χ1) is 8.70. The predicted molar refractivity (Wildman–Crippen MR) is 68.6 cm³/mol. The quantitative estimate of drug-likeness (QED) is 0.880. The molecule has 0 spiro atoms. The molecule has 1 aliphatic heterocycles. The lowest BCUT2D eigenvalue weighted by Crippen LogP contribution is -2.39. The van der Waals surface area contributed by atoms with Crippen LogP contribution in [0.15, 0.2) is 12.4 Å². The SMILES string of the molecule is CCCc1cc(N2CCCC(C(=O)O)C2)ncn1. The summed E-state index contributed by atoms with van der Waals surface area (Å²) in [5, 5.41) is 9.08. The average molecular weight is 249 g/mol. The van der Waals surface area contributed by atoms with Gasteiger partial charge in [0.1, 0.15) is 12.1 Å². The van der Waals surface area contributed by atoms with E-state index in [1.54, 1.807) is 6.33 Å². The van der Waals surface area contributed by atoms with Crippen LogP contribution in [0.5, 0.6) is 0 Å². The zero-order chi connectivity index (χ0) is 13.0. The molecule has 0 radical (unpaired) electrons. The molecule has 0 aliphatic carbocycles. The van der Waals surface area contributed by atoms with Crippen LogP contribution in [0.2, 0.25) is 0 Å². The van der Waals surface area contributed by atoms with Gasteiger partial charge in [0.15, 0.2) is 0 Å². The molecule has 5 nitrogen and oxygen atoms in total. The van der Waals surface area contributed by atoms with E-state index in [1.165, 1.54) is 0 Å². The normalized spacial score (nSPS) is 19.8. The highest BCUT2D eigenvalue weighted by Gasteiger charge is 2.26. The van der Waals surface area contributed by atoms with Gasteiger partial charge in [0.25, 0.3) is 0 Å². The van der Waals surface area contributed by atoms with Crippen LogP contribution >= 0.6 is 0 Å². The third-order valence-electron chi connectivity index (χ3n) is 3.31. The number of carboxylic acid groups (broad SMARTS) is 1. The predicted octanol–water partition coefficient (Wildman–Crippen LogP) is 1.73. The molecule has 2 rings (SSSR count). The molecule has 1 fully saturated rings. The topological polar surface area (TPSA) is 66.3 Å². The zero-order valence-electron chi connectivity index (χ0n) is 10.7. The second-order valence-electron chi connectivity index (χ2n) is 4.74. The zero-order valence-corrected chi connectivity index (χ0v) is 10.7. The largest absolute Gasteiger partial charge is 0.481 e. The summed E-state index contributed by atoms with van der Waals surface area (Å²) in [5.74, 6) is -0.120. The summed E-state index contributed by atoms with van der Waals surface area (Å²) in [6, 6.07) is 1.98. The van der Waals surface area contributed by atoms with Crippen molar-refractivity contribution in [3.8, 4) is 0 Å². The van der Waals surface area contributed by atoms with Crippen LogP contribution in [0.25, 0.3) is 0 Å². The highest BCUT2D eigenvalue weighted by molar-refractivity contribution is 5.71. The lowest BCUT2D eigenvalue weighted by atomic mass is 9.98. The molecule has 5 heteroatoms. The molecule has 0 amide bonds. The molecule has 98 valence electrons. The smallest absolute Gasteiger partial charge is 0.308 e. The average Bonchev–Trinajstić information content (AvgIpc) is 2.39. The number of hydrogen-bond acceptors (Lipinski definition) is 4. The van der Waals surface area contributed by atoms with Gasteiger partial charge >= 0.3 is 5.97 Å².